The Morgan fingerprint density at radius 3 is 1.00 bits per heavy atom. The van der Waals surface area contributed by atoms with E-state index in [2.05, 4.69) is 31.3 Å². The van der Waals surface area contributed by atoms with Gasteiger partial charge in [-0.1, -0.05) is 430 Å². The van der Waals surface area contributed by atoms with E-state index in [1.807, 2.05) is 6.08 Å². The number of esters is 1. The maximum Gasteiger partial charge on any atom is 0.305 e. The number of carbonyl (C=O) groups is 2. The summed E-state index contributed by atoms with van der Waals surface area (Å²) >= 11 is 0. The highest BCUT2D eigenvalue weighted by Gasteiger charge is 2.44. The molecule has 1 saturated heterocycles. The lowest BCUT2D eigenvalue weighted by Crippen LogP contribution is -2.60. The molecule has 6 N–H and O–H groups in total. The molecule has 1 fully saturated rings. The Hall–Kier alpha value is -1.86. The number of carbonyl (C=O) groups excluding carboxylic acids is 2. The molecule has 1 aliphatic rings. The van der Waals surface area contributed by atoms with Crippen molar-refractivity contribution in [1.29, 1.82) is 0 Å². The number of hydrogen-bond donors (Lipinski definition) is 6. The topological polar surface area (TPSA) is 175 Å². The van der Waals surface area contributed by atoms with Crippen LogP contribution in [-0.2, 0) is 23.8 Å². The maximum absolute atomic E-state index is 13.1. The van der Waals surface area contributed by atoms with Crippen LogP contribution in [0, 0.1) is 0 Å². The molecule has 0 radical (unpaired) electrons. The summed E-state index contributed by atoms with van der Waals surface area (Å²) in [6.07, 6.45) is 91.0. The van der Waals surface area contributed by atoms with Crippen molar-refractivity contribution in [3.8, 4) is 0 Å². The summed E-state index contributed by atoms with van der Waals surface area (Å²) in [5.74, 6) is -0.159. The Morgan fingerprint density at radius 2 is 0.657 bits per heavy atom. The number of ether oxygens (including phenoxy) is 3. The predicted octanol–water partition coefficient (Wildman–Crippen LogP) is 24.7. The molecule has 0 spiro atoms. The van der Waals surface area contributed by atoms with Gasteiger partial charge in [0.1, 0.15) is 24.4 Å². The van der Waals surface area contributed by atoms with Gasteiger partial charge in [0.2, 0.25) is 5.91 Å². The predicted molar refractivity (Wildman–Crippen MR) is 421 cm³/mol. The average molecular weight is 1400 g/mol. The summed E-state index contributed by atoms with van der Waals surface area (Å²) < 4.78 is 16.8. The van der Waals surface area contributed by atoms with E-state index in [-0.39, 0.29) is 18.5 Å². The highest BCUT2D eigenvalue weighted by molar-refractivity contribution is 5.76. The van der Waals surface area contributed by atoms with Crippen molar-refractivity contribution < 1.29 is 49.3 Å². The van der Waals surface area contributed by atoms with Crippen molar-refractivity contribution in [3.63, 3.8) is 0 Å². The molecule has 1 amide bonds. The van der Waals surface area contributed by atoms with Crippen LogP contribution >= 0.6 is 0 Å². The van der Waals surface area contributed by atoms with Crippen molar-refractivity contribution >= 4 is 11.9 Å². The first kappa shape index (κ1) is 95.2. The van der Waals surface area contributed by atoms with Gasteiger partial charge >= 0.3 is 5.97 Å². The molecule has 586 valence electrons. The molecule has 0 aromatic carbocycles. The molecule has 7 atom stereocenters. The molecule has 0 bridgehead atoms. The van der Waals surface area contributed by atoms with Crippen LogP contribution in [0.2, 0.25) is 0 Å². The second-order valence-electron chi connectivity index (χ2n) is 31.0. The van der Waals surface area contributed by atoms with Gasteiger partial charge in [0.05, 0.1) is 32.0 Å². The molecule has 0 aromatic heterocycles. The number of rotatable bonds is 80. The fourth-order valence-electron chi connectivity index (χ4n) is 14.5. The highest BCUT2D eigenvalue weighted by atomic mass is 16.7. The minimum absolute atomic E-state index is 0.0234. The molecule has 11 heteroatoms. The summed E-state index contributed by atoms with van der Waals surface area (Å²) in [6.45, 7) is 4.41. The second kappa shape index (κ2) is 77.2. The lowest BCUT2D eigenvalue weighted by molar-refractivity contribution is -0.302. The van der Waals surface area contributed by atoms with Gasteiger partial charge in [-0.05, 0) is 44.9 Å². The van der Waals surface area contributed by atoms with Gasteiger partial charge in [-0.25, -0.2) is 0 Å². The van der Waals surface area contributed by atoms with Crippen LogP contribution in [0.3, 0.4) is 0 Å². The molecule has 1 heterocycles. The number of amides is 1. The number of allylic oxidation sites excluding steroid dienone is 3. The first-order valence-electron chi connectivity index (χ1n) is 44.1. The summed E-state index contributed by atoms with van der Waals surface area (Å²) in [7, 11) is 0. The zero-order valence-electron chi connectivity index (χ0n) is 65.7. The molecule has 1 rings (SSSR count). The molecule has 0 aromatic rings. The van der Waals surface area contributed by atoms with E-state index in [0.717, 1.165) is 51.4 Å². The van der Waals surface area contributed by atoms with Gasteiger partial charge in [0.25, 0.3) is 0 Å². The van der Waals surface area contributed by atoms with Crippen molar-refractivity contribution in [1.82, 2.24) is 5.32 Å². The number of hydrogen-bond acceptors (Lipinski definition) is 10. The van der Waals surface area contributed by atoms with Crippen molar-refractivity contribution in [2.45, 2.75) is 506 Å². The van der Waals surface area contributed by atoms with Crippen LogP contribution in [0.15, 0.2) is 24.3 Å². The lowest BCUT2D eigenvalue weighted by Gasteiger charge is -2.40. The fourth-order valence-corrected chi connectivity index (χ4v) is 14.5. The smallest absolute Gasteiger partial charge is 0.305 e. The van der Waals surface area contributed by atoms with Crippen molar-refractivity contribution in [3.05, 3.63) is 24.3 Å². The van der Waals surface area contributed by atoms with Crippen molar-refractivity contribution in [2.75, 3.05) is 19.8 Å². The van der Waals surface area contributed by atoms with E-state index in [1.54, 1.807) is 6.08 Å². The number of nitrogens with one attached hydrogen (secondary N) is 1. The second-order valence-corrected chi connectivity index (χ2v) is 31.0. The van der Waals surface area contributed by atoms with E-state index >= 15 is 0 Å². The van der Waals surface area contributed by atoms with Gasteiger partial charge < -0.3 is 45.1 Å². The van der Waals surface area contributed by atoms with E-state index in [4.69, 9.17) is 14.2 Å². The van der Waals surface area contributed by atoms with Gasteiger partial charge in [-0.2, -0.15) is 0 Å². The monoisotopic (exact) mass is 1400 g/mol. The van der Waals surface area contributed by atoms with Crippen LogP contribution in [0.4, 0.5) is 0 Å². The SMILES string of the molecule is CCCCCCCCCCC/C=C/CC/C=C/C(O)C(COC1OC(CO)C(O)C(O)C1O)NC(=O)CCCCCCCCCCCCCCCCCCCCCCCCCCCCCCCCCCCCCCCCCOC(=O)CCCCCCCCCCCCCCCCCCC. The molecule has 99 heavy (non-hydrogen) atoms. The minimum atomic E-state index is -1.57. The van der Waals surface area contributed by atoms with E-state index in [1.165, 1.54) is 385 Å². The Morgan fingerprint density at radius 1 is 0.364 bits per heavy atom. The normalized spacial score (nSPS) is 17.2. The molecule has 11 nitrogen and oxygen atoms in total. The van der Waals surface area contributed by atoms with Gasteiger partial charge in [-0.15, -0.1) is 0 Å². The Balaban J connectivity index is 1.86. The molecule has 1 aliphatic heterocycles. The molecule has 0 aliphatic carbocycles. The van der Waals surface area contributed by atoms with E-state index in [0.29, 0.717) is 19.4 Å². The van der Waals surface area contributed by atoms with Gasteiger partial charge in [0, 0.05) is 12.8 Å². The first-order chi connectivity index (χ1) is 48.7. The van der Waals surface area contributed by atoms with Crippen LogP contribution in [0.1, 0.15) is 463 Å². The highest BCUT2D eigenvalue weighted by Crippen LogP contribution is 2.24. The standard InChI is InChI=1S/C88H169NO10/c1-3-5-7-9-11-13-15-17-19-43-48-52-56-60-64-68-72-76-84(93)97-77-73-69-65-61-57-53-49-45-42-40-38-36-34-32-30-28-26-24-22-20-21-23-25-27-29-31-33-35-37-39-41-44-47-51-55-59-63-67-71-75-83(92)89-80(79-98-88-87(96)86(95)85(94)82(78-90)99-88)81(91)74-70-66-62-58-54-50-46-18-16-14-12-10-8-6-4-2/h54,58,70,74,80-82,85-88,90-91,94-96H,3-53,55-57,59-69,71-73,75-79H2,1-2H3,(H,89,92)/b58-54+,74-70+. The van der Waals surface area contributed by atoms with Gasteiger partial charge in [0.15, 0.2) is 6.29 Å². The largest absolute Gasteiger partial charge is 0.466 e. The van der Waals surface area contributed by atoms with Crippen LogP contribution in [-0.4, -0.2) is 100 Å². The minimum Gasteiger partial charge on any atom is -0.466 e. The first-order valence-corrected chi connectivity index (χ1v) is 44.1. The Labute approximate surface area is 613 Å². The summed E-state index contributed by atoms with van der Waals surface area (Å²) in [6, 6.07) is -0.823. The number of aliphatic hydroxyl groups excluding tert-OH is 5. The lowest BCUT2D eigenvalue weighted by atomic mass is 9.99. The third-order valence-electron chi connectivity index (χ3n) is 21.3. The number of unbranched alkanes of at least 4 members (excludes halogenated alkanes) is 64. The zero-order chi connectivity index (χ0) is 71.5. The van der Waals surface area contributed by atoms with Crippen LogP contribution in [0.5, 0.6) is 0 Å². The molecular weight excluding hydrogens is 1230 g/mol. The molecular formula is C88H169NO10. The average Bonchev–Trinajstić information content (AvgIpc) is 0.834. The van der Waals surface area contributed by atoms with Crippen LogP contribution < -0.4 is 5.32 Å². The number of aliphatic hydroxyl groups is 5. The summed E-state index contributed by atoms with van der Waals surface area (Å²) in [5, 5.41) is 54.7. The third-order valence-corrected chi connectivity index (χ3v) is 21.3. The van der Waals surface area contributed by atoms with Gasteiger partial charge in [-0.3, -0.25) is 9.59 Å². The zero-order valence-corrected chi connectivity index (χ0v) is 65.7. The third kappa shape index (κ3) is 65.4. The molecule has 0 saturated carbocycles. The van der Waals surface area contributed by atoms with E-state index < -0.39 is 49.5 Å². The van der Waals surface area contributed by atoms with Crippen LogP contribution in [0.25, 0.3) is 0 Å². The summed E-state index contributed by atoms with van der Waals surface area (Å²) in [4.78, 5) is 25.2. The quantitative estimate of drug-likeness (QED) is 0.0195. The summed E-state index contributed by atoms with van der Waals surface area (Å²) in [5.41, 5.74) is 0. The molecule has 7 unspecified atom stereocenters. The van der Waals surface area contributed by atoms with Crippen molar-refractivity contribution in [2.24, 2.45) is 0 Å². The maximum atomic E-state index is 13.1. The Bertz CT molecular complexity index is 1690. The van der Waals surface area contributed by atoms with E-state index in [9.17, 15) is 35.1 Å². The Kier molecular flexibility index (Phi) is 74.2. The fraction of sp³-hybridized carbons (Fsp3) is 0.932.